The van der Waals surface area contributed by atoms with Crippen LogP contribution in [0.25, 0.3) is 5.70 Å². The lowest BCUT2D eigenvalue weighted by molar-refractivity contribution is 0.482. The van der Waals surface area contributed by atoms with Crippen LogP contribution < -0.4 is 9.46 Å². The second kappa shape index (κ2) is 8.13. The van der Waals surface area contributed by atoms with Crippen molar-refractivity contribution in [2.45, 2.75) is 4.90 Å². The summed E-state index contributed by atoms with van der Waals surface area (Å²) in [6.07, 6.45) is 0. The minimum Gasteiger partial charge on any atom is -0.457 e. The number of hydrogen-bond acceptors (Lipinski definition) is 6. The molecule has 156 valence electrons. The molecule has 0 amide bonds. The minimum absolute atomic E-state index is 0.171. The van der Waals surface area contributed by atoms with Gasteiger partial charge in [-0.2, -0.15) is 0 Å². The van der Waals surface area contributed by atoms with Crippen molar-refractivity contribution in [3.8, 4) is 11.5 Å². The van der Waals surface area contributed by atoms with Gasteiger partial charge in [0.05, 0.1) is 17.1 Å². The van der Waals surface area contributed by atoms with E-state index >= 15 is 0 Å². The summed E-state index contributed by atoms with van der Waals surface area (Å²) in [5, 5.41) is 3.11. The molecule has 6 nitrogen and oxygen atoms in total. The third-order valence-corrected chi connectivity index (χ3v) is 7.21. The molecule has 0 fully saturated rings. The number of nitrogens with one attached hydrogen (secondary N) is 1. The van der Waals surface area contributed by atoms with Crippen molar-refractivity contribution in [3.63, 3.8) is 0 Å². The predicted octanol–water partition coefficient (Wildman–Crippen LogP) is 5.00. The highest BCUT2D eigenvalue weighted by Crippen LogP contribution is 2.35. The summed E-state index contributed by atoms with van der Waals surface area (Å²) in [5.74, 6) is 1.27. The molecule has 2 aliphatic rings. The number of ether oxygens (including phenoxy) is 1. The summed E-state index contributed by atoms with van der Waals surface area (Å²) < 4.78 is 33.9. The second-order valence-electron chi connectivity index (χ2n) is 7.01. The Morgan fingerprint density at radius 3 is 2.35 bits per heavy atom. The molecule has 0 saturated heterocycles. The maximum atomic E-state index is 12.8. The van der Waals surface area contributed by atoms with Crippen LogP contribution in [0.15, 0.2) is 94.2 Å². The molecule has 0 spiro atoms. The van der Waals surface area contributed by atoms with Crippen LogP contribution in [0, 0.1) is 0 Å². The average Bonchev–Trinajstić information content (AvgIpc) is 3.39. The number of aliphatic imine (C=N–C) groups is 1. The van der Waals surface area contributed by atoms with Crippen LogP contribution in [0.1, 0.15) is 5.56 Å². The SMILES string of the molecule is O=S(=O)(Nc1ccc(C2=CSC3=NCCN23)cc1)c1ccc(Oc2ccccc2)cc1. The second-order valence-corrected chi connectivity index (χ2v) is 9.53. The summed E-state index contributed by atoms with van der Waals surface area (Å²) in [6, 6.07) is 23.1. The van der Waals surface area contributed by atoms with Crippen molar-refractivity contribution >= 4 is 38.3 Å². The Morgan fingerprint density at radius 2 is 1.61 bits per heavy atom. The molecule has 3 aromatic rings. The van der Waals surface area contributed by atoms with E-state index in [1.165, 1.54) is 12.1 Å². The molecular formula is C23H19N3O3S2. The van der Waals surface area contributed by atoms with Crippen molar-refractivity contribution in [2.75, 3.05) is 17.8 Å². The molecular weight excluding hydrogens is 430 g/mol. The quantitative estimate of drug-likeness (QED) is 0.574. The molecule has 2 aliphatic heterocycles. The summed E-state index contributed by atoms with van der Waals surface area (Å²) in [7, 11) is -3.70. The fourth-order valence-corrected chi connectivity index (χ4v) is 5.40. The topological polar surface area (TPSA) is 71.0 Å². The van der Waals surface area contributed by atoms with Gasteiger partial charge in [-0.25, -0.2) is 8.42 Å². The third-order valence-electron chi connectivity index (χ3n) is 4.91. The molecule has 0 unspecified atom stereocenters. The van der Waals surface area contributed by atoms with E-state index in [-0.39, 0.29) is 4.90 Å². The molecule has 0 aliphatic carbocycles. The number of anilines is 1. The number of thioether (sulfide) groups is 1. The zero-order chi connectivity index (χ0) is 21.3. The molecule has 0 bridgehead atoms. The van der Waals surface area contributed by atoms with Gasteiger partial charge in [0, 0.05) is 17.6 Å². The van der Waals surface area contributed by atoms with Crippen molar-refractivity contribution in [1.29, 1.82) is 0 Å². The van der Waals surface area contributed by atoms with Gasteiger partial charge in [0.2, 0.25) is 0 Å². The number of sulfonamides is 1. The van der Waals surface area contributed by atoms with E-state index in [2.05, 4.69) is 20.0 Å². The van der Waals surface area contributed by atoms with Gasteiger partial charge in [-0.1, -0.05) is 42.1 Å². The maximum absolute atomic E-state index is 12.8. The lowest BCUT2D eigenvalue weighted by Gasteiger charge is -2.17. The molecule has 0 saturated carbocycles. The average molecular weight is 450 g/mol. The van der Waals surface area contributed by atoms with Gasteiger partial charge >= 0.3 is 0 Å². The molecule has 31 heavy (non-hydrogen) atoms. The lowest BCUT2D eigenvalue weighted by Crippen LogP contribution is -2.19. The molecule has 0 atom stereocenters. The number of para-hydroxylation sites is 1. The highest BCUT2D eigenvalue weighted by Gasteiger charge is 2.27. The zero-order valence-electron chi connectivity index (χ0n) is 16.4. The maximum Gasteiger partial charge on any atom is 0.261 e. The number of hydrogen-bond donors (Lipinski definition) is 1. The fourth-order valence-electron chi connectivity index (χ4n) is 3.38. The predicted molar refractivity (Wildman–Crippen MR) is 125 cm³/mol. The van der Waals surface area contributed by atoms with Gasteiger partial charge in [0.1, 0.15) is 11.5 Å². The number of amidine groups is 1. The normalized spacial score (nSPS) is 15.3. The van der Waals surface area contributed by atoms with Crippen LogP contribution in [0.5, 0.6) is 11.5 Å². The molecule has 1 N–H and O–H groups in total. The van der Waals surface area contributed by atoms with Gasteiger partial charge in [-0.3, -0.25) is 9.71 Å². The smallest absolute Gasteiger partial charge is 0.261 e. The van der Waals surface area contributed by atoms with E-state index in [1.54, 1.807) is 36.0 Å². The van der Waals surface area contributed by atoms with Crippen LogP contribution in [0.4, 0.5) is 5.69 Å². The lowest BCUT2D eigenvalue weighted by atomic mass is 10.1. The van der Waals surface area contributed by atoms with Crippen molar-refractivity contribution in [1.82, 2.24) is 4.90 Å². The number of nitrogens with zero attached hydrogens (tertiary/aromatic N) is 2. The monoisotopic (exact) mass is 449 g/mol. The number of benzene rings is 3. The van der Waals surface area contributed by atoms with Gasteiger partial charge in [-0.05, 0) is 54.1 Å². The Hall–Kier alpha value is -3.23. The van der Waals surface area contributed by atoms with E-state index in [4.69, 9.17) is 4.74 Å². The van der Waals surface area contributed by atoms with Gasteiger partial charge in [-0.15, -0.1) is 0 Å². The Kier molecular flexibility index (Phi) is 5.17. The Bertz CT molecular complexity index is 1250. The van der Waals surface area contributed by atoms with Crippen molar-refractivity contribution < 1.29 is 13.2 Å². The highest BCUT2D eigenvalue weighted by atomic mass is 32.2. The largest absolute Gasteiger partial charge is 0.457 e. The van der Waals surface area contributed by atoms with E-state index < -0.39 is 10.0 Å². The van der Waals surface area contributed by atoms with Gasteiger partial charge in [0.25, 0.3) is 10.0 Å². The van der Waals surface area contributed by atoms with Crippen LogP contribution in [0.3, 0.4) is 0 Å². The van der Waals surface area contributed by atoms with E-state index in [9.17, 15) is 8.42 Å². The fraction of sp³-hybridized carbons (Fsp3) is 0.0870. The van der Waals surface area contributed by atoms with Gasteiger partial charge < -0.3 is 9.64 Å². The molecule has 3 aromatic carbocycles. The minimum atomic E-state index is -3.70. The van der Waals surface area contributed by atoms with Gasteiger partial charge in [0.15, 0.2) is 5.17 Å². The molecule has 8 heteroatoms. The molecule has 0 aromatic heterocycles. The summed E-state index contributed by atoms with van der Waals surface area (Å²) in [5.41, 5.74) is 2.64. The number of rotatable bonds is 6. The zero-order valence-corrected chi connectivity index (χ0v) is 18.1. The van der Waals surface area contributed by atoms with Crippen molar-refractivity contribution in [2.24, 2.45) is 4.99 Å². The summed E-state index contributed by atoms with van der Waals surface area (Å²) >= 11 is 1.62. The van der Waals surface area contributed by atoms with Crippen LogP contribution in [-0.4, -0.2) is 31.6 Å². The Balaban J connectivity index is 1.27. The van der Waals surface area contributed by atoms with Crippen LogP contribution in [0.2, 0.25) is 0 Å². The summed E-state index contributed by atoms with van der Waals surface area (Å²) in [4.78, 5) is 6.81. The highest BCUT2D eigenvalue weighted by molar-refractivity contribution is 8.16. The molecule has 0 radical (unpaired) electrons. The standard InChI is InChI=1S/C23H19N3O3S2/c27-31(28,21-12-10-20(11-13-21)29-19-4-2-1-3-5-19)25-18-8-6-17(7-9-18)22-16-30-23-24-14-15-26(22)23/h1-13,16,25H,14-15H2. The summed E-state index contributed by atoms with van der Waals surface area (Å²) in [6.45, 7) is 1.69. The Labute approximate surface area is 185 Å². The first kappa shape index (κ1) is 19.7. The van der Waals surface area contributed by atoms with Crippen LogP contribution in [-0.2, 0) is 10.0 Å². The first-order valence-corrected chi connectivity index (χ1v) is 12.1. The number of fused-ring (bicyclic) bond motifs is 1. The van der Waals surface area contributed by atoms with E-state index in [0.29, 0.717) is 17.2 Å². The first-order valence-electron chi connectivity index (χ1n) is 9.74. The van der Waals surface area contributed by atoms with E-state index in [0.717, 1.165) is 29.5 Å². The van der Waals surface area contributed by atoms with E-state index in [1.807, 2.05) is 42.5 Å². The molecule has 2 heterocycles. The van der Waals surface area contributed by atoms with Crippen molar-refractivity contribution in [3.05, 3.63) is 89.8 Å². The molecule has 5 rings (SSSR count). The van der Waals surface area contributed by atoms with Crippen LogP contribution >= 0.6 is 11.8 Å². The third kappa shape index (κ3) is 4.17. The Morgan fingerprint density at radius 1 is 0.903 bits per heavy atom. The first-order chi connectivity index (χ1) is 15.1.